The molecule has 1 aliphatic carbocycles. The lowest BCUT2D eigenvalue weighted by molar-refractivity contribution is -0.192. The van der Waals surface area contributed by atoms with Crippen molar-refractivity contribution in [1.29, 1.82) is 0 Å². The van der Waals surface area contributed by atoms with Gasteiger partial charge in [0.2, 0.25) is 5.91 Å². The summed E-state index contributed by atoms with van der Waals surface area (Å²) in [6.07, 6.45) is -10.3. The second kappa shape index (κ2) is 10.7. The summed E-state index contributed by atoms with van der Waals surface area (Å²) in [4.78, 5) is 29.1. The van der Waals surface area contributed by atoms with Gasteiger partial charge in [0.15, 0.2) is 0 Å². The molecule has 0 unspecified atom stereocenters. The van der Waals surface area contributed by atoms with E-state index in [2.05, 4.69) is 15.6 Å². The molecule has 2 aromatic carbocycles. The topological polar surface area (TPSA) is 76.0 Å². The maximum Gasteiger partial charge on any atom is 0.403 e. The SMILES string of the molecule is Cn1c(Cc2cc(CNC(=O)C3(C(F)(F)F)CC3)ccc2Cl)nc2cc(C(=O)NCCCC(F)(F)F)ccc21. The number of fused-ring (bicyclic) bond motifs is 1. The number of halogens is 7. The molecule has 2 amide bonds. The van der Waals surface area contributed by atoms with Crippen molar-refractivity contribution in [3.63, 3.8) is 0 Å². The first kappa shape index (κ1) is 28.7. The first-order valence-electron chi connectivity index (χ1n) is 12.1. The number of nitrogens with zero attached hydrogens (tertiary/aromatic N) is 2. The van der Waals surface area contributed by atoms with Crippen LogP contribution in [0, 0.1) is 5.41 Å². The van der Waals surface area contributed by atoms with Gasteiger partial charge in [0.25, 0.3) is 5.91 Å². The largest absolute Gasteiger partial charge is 0.403 e. The molecule has 0 radical (unpaired) electrons. The van der Waals surface area contributed by atoms with E-state index >= 15 is 0 Å². The Bertz CT molecular complexity index is 1400. The Labute approximate surface area is 224 Å². The Morgan fingerprint density at radius 3 is 2.41 bits per heavy atom. The molecule has 39 heavy (non-hydrogen) atoms. The Kier molecular flexibility index (Phi) is 7.89. The average Bonchev–Trinajstić information content (AvgIpc) is 3.62. The Morgan fingerprint density at radius 1 is 1.05 bits per heavy atom. The third-order valence-electron chi connectivity index (χ3n) is 6.80. The molecule has 2 N–H and O–H groups in total. The first-order chi connectivity index (χ1) is 18.2. The van der Waals surface area contributed by atoms with E-state index in [4.69, 9.17) is 11.6 Å². The predicted octanol–water partition coefficient (Wildman–Crippen LogP) is 5.85. The molecule has 0 saturated heterocycles. The number of hydrogen-bond acceptors (Lipinski definition) is 3. The molecule has 1 heterocycles. The summed E-state index contributed by atoms with van der Waals surface area (Å²) in [5.74, 6) is -0.963. The average molecular weight is 575 g/mol. The zero-order chi connectivity index (χ0) is 28.6. The van der Waals surface area contributed by atoms with E-state index < -0.39 is 36.0 Å². The van der Waals surface area contributed by atoms with E-state index in [1.54, 1.807) is 48.0 Å². The van der Waals surface area contributed by atoms with Crippen molar-refractivity contribution in [3.8, 4) is 0 Å². The molecule has 0 bridgehead atoms. The van der Waals surface area contributed by atoms with Gasteiger partial charge in [0.1, 0.15) is 11.2 Å². The van der Waals surface area contributed by atoms with Crippen LogP contribution in [-0.4, -0.2) is 40.3 Å². The van der Waals surface area contributed by atoms with Crippen molar-refractivity contribution >= 4 is 34.4 Å². The number of alkyl halides is 6. The van der Waals surface area contributed by atoms with Crippen molar-refractivity contribution in [1.82, 2.24) is 20.2 Å². The highest BCUT2D eigenvalue weighted by Gasteiger charge is 2.68. The second-order valence-electron chi connectivity index (χ2n) is 9.63. The molecule has 4 rings (SSSR count). The summed E-state index contributed by atoms with van der Waals surface area (Å²) < 4.78 is 78.2. The van der Waals surface area contributed by atoms with Crippen LogP contribution in [0.2, 0.25) is 5.02 Å². The number of rotatable bonds is 9. The fourth-order valence-corrected chi connectivity index (χ4v) is 4.49. The number of amides is 2. The molecule has 0 atom stereocenters. The van der Waals surface area contributed by atoms with Gasteiger partial charge in [-0.1, -0.05) is 23.7 Å². The minimum Gasteiger partial charge on any atom is -0.352 e. The smallest absolute Gasteiger partial charge is 0.352 e. The lowest BCUT2D eigenvalue weighted by atomic mass is 10.0. The van der Waals surface area contributed by atoms with Crippen LogP contribution in [0.25, 0.3) is 11.0 Å². The zero-order valence-electron chi connectivity index (χ0n) is 20.8. The standard InChI is InChI=1S/C26H25ClF6N4O2/c1-37-20-6-4-16(22(38)34-10-2-7-25(28,29)30)12-19(20)36-21(37)13-17-11-15(3-5-18(17)27)14-35-23(39)24(8-9-24)26(31,32)33/h3-6,11-12H,2,7-10,13-14H2,1H3,(H,34,38)(H,35,39). The Morgan fingerprint density at radius 2 is 1.77 bits per heavy atom. The predicted molar refractivity (Wildman–Crippen MR) is 132 cm³/mol. The molecule has 210 valence electrons. The number of carbonyl (C=O) groups is 2. The fraction of sp³-hybridized carbons (Fsp3) is 0.423. The minimum atomic E-state index is -4.59. The molecule has 0 aliphatic heterocycles. The number of carbonyl (C=O) groups excluding carboxylic acids is 2. The second-order valence-corrected chi connectivity index (χ2v) is 10.0. The third-order valence-corrected chi connectivity index (χ3v) is 7.17. The first-order valence-corrected chi connectivity index (χ1v) is 12.5. The van der Waals surface area contributed by atoms with Gasteiger partial charge in [-0.25, -0.2) is 4.98 Å². The van der Waals surface area contributed by atoms with Crippen LogP contribution in [0.1, 0.15) is 53.0 Å². The van der Waals surface area contributed by atoms with Crippen LogP contribution in [0.3, 0.4) is 0 Å². The van der Waals surface area contributed by atoms with Gasteiger partial charge >= 0.3 is 12.4 Å². The number of hydrogen-bond donors (Lipinski definition) is 2. The summed E-state index contributed by atoms with van der Waals surface area (Å²) in [6, 6.07) is 9.68. The zero-order valence-corrected chi connectivity index (χ0v) is 21.5. The van der Waals surface area contributed by atoms with Crippen LogP contribution >= 0.6 is 11.6 Å². The number of aromatic nitrogens is 2. The maximum absolute atomic E-state index is 13.2. The lowest BCUT2D eigenvalue weighted by Crippen LogP contribution is -2.40. The molecular formula is C26H25ClF6N4O2. The molecule has 0 spiro atoms. The monoisotopic (exact) mass is 574 g/mol. The van der Waals surface area contributed by atoms with E-state index in [1.165, 1.54) is 0 Å². The summed E-state index contributed by atoms with van der Waals surface area (Å²) in [5.41, 5.74) is 0.373. The van der Waals surface area contributed by atoms with Gasteiger partial charge in [0, 0.05) is 43.6 Å². The highest BCUT2D eigenvalue weighted by Crippen LogP contribution is 2.57. The van der Waals surface area contributed by atoms with E-state index in [-0.39, 0.29) is 44.3 Å². The Balaban J connectivity index is 1.44. The summed E-state index contributed by atoms with van der Waals surface area (Å²) in [6.45, 7) is -0.207. The van der Waals surface area contributed by atoms with Crippen LogP contribution in [0.4, 0.5) is 26.3 Å². The van der Waals surface area contributed by atoms with Gasteiger partial charge in [-0.2, -0.15) is 26.3 Å². The normalized spacial score (nSPS) is 14.9. The van der Waals surface area contributed by atoms with Crippen LogP contribution in [0.5, 0.6) is 0 Å². The highest BCUT2D eigenvalue weighted by molar-refractivity contribution is 6.31. The highest BCUT2D eigenvalue weighted by atomic mass is 35.5. The van der Waals surface area contributed by atoms with Crippen molar-refractivity contribution in [2.45, 2.75) is 51.0 Å². The van der Waals surface area contributed by atoms with E-state index in [1.807, 2.05) is 0 Å². The molecule has 1 fully saturated rings. The van der Waals surface area contributed by atoms with E-state index in [0.29, 0.717) is 33.0 Å². The molecule has 6 nitrogen and oxygen atoms in total. The fourth-order valence-electron chi connectivity index (χ4n) is 4.30. The van der Waals surface area contributed by atoms with Crippen molar-refractivity contribution in [3.05, 3.63) is 63.9 Å². The van der Waals surface area contributed by atoms with E-state index in [9.17, 15) is 35.9 Å². The number of imidazole rings is 1. The van der Waals surface area contributed by atoms with Crippen molar-refractivity contribution in [2.24, 2.45) is 12.5 Å². The molecular weight excluding hydrogens is 550 g/mol. The van der Waals surface area contributed by atoms with Crippen LogP contribution < -0.4 is 10.6 Å². The molecule has 1 aromatic heterocycles. The molecule has 3 aromatic rings. The Hall–Kier alpha value is -3.28. The van der Waals surface area contributed by atoms with Crippen molar-refractivity contribution < 1.29 is 35.9 Å². The van der Waals surface area contributed by atoms with Crippen molar-refractivity contribution in [2.75, 3.05) is 6.54 Å². The van der Waals surface area contributed by atoms with Gasteiger partial charge in [-0.15, -0.1) is 0 Å². The number of aryl methyl sites for hydroxylation is 1. The van der Waals surface area contributed by atoms with Gasteiger partial charge in [-0.05, 0) is 54.7 Å². The summed E-state index contributed by atoms with van der Waals surface area (Å²) in [5, 5.41) is 5.25. The maximum atomic E-state index is 13.2. The number of benzene rings is 2. The lowest BCUT2D eigenvalue weighted by Gasteiger charge is -2.18. The number of nitrogens with one attached hydrogen (secondary N) is 2. The molecule has 13 heteroatoms. The minimum absolute atomic E-state index is 0.0924. The van der Waals surface area contributed by atoms with Gasteiger partial charge < -0.3 is 15.2 Å². The molecule has 1 saturated carbocycles. The quantitative estimate of drug-likeness (QED) is 0.249. The van der Waals surface area contributed by atoms with Crippen LogP contribution in [0.15, 0.2) is 36.4 Å². The van der Waals surface area contributed by atoms with Gasteiger partial charge in [-0.3, -0.25) is 9.59 Å². The third kappa shape index (κ3) is 6.48. The van der Waals surface area contributed by atoms with Gasteiger partial charge in [0.05, 0.1) is 11.0 Å². The summed E-state index contributed by atoms with van der Waals surface area (Å²) in [7, 11) is 1.77. The molecule has 1 aliphatic rings. The van der Waals surface area contributed by atoms with Crippen LogP contribution in [-0.2, 0) is 24.8 Å². The van der Waals surface area contributed by atoms with E-state index in [0.717, 1.165) is 0 Å². The summed E-state index contributed by atoms with van der Waals surface area (Å²) >= 11 is 6.36.